The van der Waals surface area contributed by atoms with Crippen molar-refractivity contribution in [3.05, 3.63) is 16.9 Å². The van der Waals surface area contributed by atoms with E-state index in [2.05, 4.69) is 38.6 Å². The third-order valence-corrected chi connectivity index (χ3v) is 4.24. The molecule has 1 fully saturated rings. The number of rotatable bonds is 7. The summed E-state index contributed by atoms with van der Waals surface area (Å²) in [5, 5.41) is 10.8. The number of halogens is 1. The van der Waals surface area contributed by atoms with Crippen molar-refractivity contribution in [1.82, 2.24) is 20.4 Å². The van der Waals surface area contributed by atoms with Crippen LogP contribution in [0.15, 0.2) is 16.9 Å². The lowest BCUT2D eigenvalue weighted by Crippen LogP contribution is -2.43. The standard InChI is InChI=1S/C14H23BrN4O/c1-10(2)18-13(20)4-7-16-11(3)14(5-6-14)19-9-12(15)8-17-19/h8-11,16H,4-7H2,1-3H3,(H,18,20). The number of amides is 1. The van der Waals surface area contributed by atoms with E-state index in [1.807, 2.05) is 30.9 Å². The SMILES string of the molecule is CC(C)NC(=O)CCNC(C)C1(n2cc(Br)cn2)CC1. The third-order valence-electron chi connectivity index (χ3n) is 3.83. The molecular formula is C14H23BrN4O. The molecular weight excluding hydrogens is 320 g/mol. The predicted molar refractivity (Wildman–Crippen MR) is 82.5 cm³/mol. The van der Waals surface area contributed by atoms with Crippen molar-refractivity contribution in [2.75, 3.05) is 6.54 Å². The fraction of sp³-hybridized carbons (Fsp3) is 0.714. The van der Waals surface area contributed by atoms with Crippen LogP contribution in [0.5, 0.6) is 0 Å². The van der Waals surface area contributed by atoms with Gasteiger partial charge < -0.3 is 10.6 Å². The minimum atomic E-state index is 0.0839. The second-order valence-electron chi connectivity index (χ2n) is 5.85. The summed E-state index contributed by atoms with van der Waals surface area (Å²) >= 11 is 3.44. The van der Waals surface area contributed by atoms with E-state index >= 15 is 0 Å². The lowest BCUT2D eigenvalue weighted by atomic mass is 10.1. The van der Waals surface area contributed by atoms with Crippen LogP contribution in [0, 0.1) is 0 Å². The Balaban J connectivity index is 1.80. The monoisotopic (exact) mass is 342 g/mol. The van der Waals surface area contributed by atoms with Gasteiger partial charge in [0.15, 0.2) is 0 Å². The van der Waals surface area contributed by atoms with E-state index in [4.69, 9.17) is 0 Å². The van der Waals surface area contributed by atoms with Crippen molar-refractivity contribution in [1.29, 1.82) is 0 Å². The van der Waals surface area contributed by atoms with Gasteiger partial charge in [-0.05, 0) is 49.5 Å². The van der Waals surface area contributed by atoms with Crippen LogP contribution in [0.2, 0.25) is 0 Å². The highest BCUT2D eigenvalue weighted by atomic mass is 79.9. The van der Waals surface area contributed by atoms with Crippen LogP contribution < -0.4 is 10.6 Å². The Hall–Kier alpha value is -0.880. The number of carbonyl (C=O) groups excluding carboxylic acids is 1. The highest BCUT2D eigenvalue weighted by Gasteiger charge is 2.49. The third kappa shape index (κ3) is 3.61. The van der Waals surface area contributed by atoms with Crippen LogP contribution >= 0.6 is 15.9 Å². The molecule has 1 aromatic heterocycles. The summed E-state index contributed by atoms with van der Waals surface area (Å²) in [6, 6.07) is 0.511. The summed E-state index contributed by atoms with van der Waals surface area (Å²) in [4.78, 5) is 11.6. The fourth-order valence-corrected chi connectivity index (χ4v) is 2.80. The van der Waals surface area contributed by atoms with Crippen LogP contribution in [0.3, 0.4) is 0 Å². The van der Waals surface area contributed by atoms with Gasteiger partial charge in [0, 0.05) is 31.2 Å². The first-order valence-corrected chi connectivity index (χ1v) is 7.97. The molecule has 1 amide bonds. The normalized spacial score (nSPS) is 18.1. The minimum Gasteiger partial charge on any atom is -0.354 e. The van der Waals surface area contributed by atoms with Crippen molar-refractivity contribution >= 4 is 21.8 Å². The summed E-state index contributed by atoms with van der Waals surface area (Å²) in [5.41, 5.74) is 0.0839. The van der Waals surface area contributed by atoms with Gasteiger partial charge >= 0.3 is 0 Å². The number of nitrogens with zero attached hydrogens (tertiary/aromatic N) is 2. The lowest BCUT2D eigenvalue weighted by Gasteiger charge is -2.25. The van der Waals surface area contributed by atoms with Crippen LogP contribution in [0.1, 0.15) is 40.0 Å². The minimum absolute atomic E-state index is 0.0839. The van der Waals surface area contributed by atoms with E-state index in [0.29, 0.717) is 19.0 Å². The van der Waals surface area contributed by atoms with Gasteiger partial charge in [-0.3, -0.25) is 9.48 Å². The molecule has 0 radical (unpaired) electrons. The molecule has 1 saturated carbocycles. The van der Waals surface area contributed by atoms with E-state index in [0.717, 1.165) is 17.3 Å². The molecule has 2 rings (SSSR count). The number of hydrogen-bond acceptors (Lipinski definition) is 3. The Kier molecular flexibility index (Phi) is 4.86. The zero-order chi connectivity index (χ0) is 14.8. The quantitative estimate of drug-likeness (QED) is 0.796. The number of nitrogens with one attached hydrogen (secondary N) is 2. The Morgan fingerprint density at radius 3 is 2.70 bits per heavy atom. The predicted octanol–water partition coefficient (Wildman–Crippen LogP) is 2.03. The molecule has 2 N–H and O–H groups in total. The van der Waals surface area contributed by atoms with Crippen molar-refractivity contribution < 1.29 is 4.79 Å². The summed E-state index contributed by atoms with van der Waals surface area (Å²) < 4.78 is 3.05. The molecule has 1 atom stereocenters. The maximum atomic E-state index is 11.6. The Bertz CT molecular complexity index is 467. The van der Waals surface area contributed by atoms with Gasteiger partial charge in [0.2, 0.25) is 5.91 Å². The van der Waals surface area contributed by atoms with Gasteiger partial charge in [0.05, 0.1) is 16.2 Å². The Labute approximate surface area is 128 Å². The fourth-order valence-electron chi connectivity index (χ4n) is 2.52. The van der Waals surface area contributed by atoms with E-state index < -0.39 is 0 Å². The maximum absolute atomic E-state index is 11.6. The zero-order valence-electron chi connectivity index (χ0n) is 12.3. The zero-order valence-corrected chi connectivity index (χ0v) is 13.9. The summed E-state index contributed by atoms with van der Waals surface area (Å²) in [6.07, 6.45) is 6.63. The molecule has 6 heteroatoms. The first kappa shape index (κ1) is 15.5. The Morgan fingerprint density at radius 2 is 2.20 bits per heavy atom. The molecule has 1 unspecified atom stereocenters. The maximum Gasteiger partial charge on any atom is 0.221 e. The molecule has 0 saturated heterocycles. The van der Waals surface area contributed by atoms with Crippen molar-refractivity contribution in [2.24, 2.45) is 0 Å². The largest absolute Gasteiger partial charge is 0.354 e. The molecule has 1 aromatic rings. The van der Waals surface area contributed by atoms with Crippen LogP contribution in [-0.2, 0) is 10.3 Å². The highest BCUT2D eigenvalue weighted by molar-refractivity contribution is 9.10. The number of aromatic nitrogens is 2. The summed E-state index contributed by atoms with van der Waals surface area (Å²) in [7, 11) is 0. The average Bonchev–Trinajstić information content (AvgIpc) is 3.05. The molecule has 0 bridgehead atoms. The molecule has 1 aliphatic carbocycles. The highest BCUT2D eigenvalue weighted by Crippen LogP contribution is 2.46. The van der Waals surface area contributed by atoms with Crippen LogP contribution in [0.4, 0.5) is 0 Å². The molecule has 20 heavy (non-hydrogen) atoms. The summed E-state index contributed by atoms with van der Waals surface area (Å²) in [6.45, 7) is 6.82. The molecule has 112 valence electrons. The van der Waals surface area contributed by atoms with Gasteiger partial charge in [0.1, 0.15) is 0 Å². The molecule has 5 nitrogen and oxygen atoms in total. The van der Waals surface area contributed by atoms with E-state index in [1.165, 1.54) is 0 Å². The van der Waals surface area contributed by atoms with Gasteiger partial charge in [-0.15, -0.1) is 0 Å². The van der Waals surface area contributed by atoms with Gasteiger partial charge in [0.25, 0.3) is 0 Å². The van der Waals surface area contributed by atoms with Crippen LogP contribution in [-0.4, -0.2) is 34.3 Å². The van der Waals surface area contributed by atoms with Crippen molar-refractivity contribution in [3.8, 4) is 0 Å². The van der Waals surface area contributed by atoms with Crippen molar-refractivity contribution in [2.45, 2.75) is 57.7 Å². The second kappa shape index (κ2) is 6.26. The second-order valence-corrected chi connectivity index (χ2v) is 6.77. The summed E-state index contributed by atoms with van der Waals surface area (Å²) in [5.74, 6) is 0.103. The van der Waals surface area contributed by atoms with Crippen LogP contribution in [0.25, 0.3) is 0 Å². The van der Waals surface area contributed by atoms with Gasteiger partial charge in [-0.25, -0.2) is 0 Å². The van der Waals surface area contributed by atoms with Crippen molar-refractivity contribution in [3.63, 3.8) is 0 Å². The number of carbonyl (C=O) groups is 1. The number of hydrogen-bond donors (Lipinski definition) is 2. The average molecular weight is 343 g/mol. The molecule has 0 spiro atoms. The van der Waals surface area contributed by atoms with E-state index in [1.54, 1.807) is 0 Å². The van der Waals surface area contributed by atoms with E-state index in [9.17, 15) is 4.79 Å². The lowest BCUT2D eigenvalue weighted by molar-refractivity contribution is -0.121. The van der Waals surface area contributed by atoms with E-state index in [-0.39, 0.29) is 17.5 Å². The van der Waals surface area contributed by atoms with Gasteiger partial charge in [-0.2, -0.15) is 5.10 Å². The molecule has 1 aliphatic rings. The first-order chi connectivity index (χ1) is 9.44. The first-order valence-electron chi connectivity index (χ1n) is 7.17. The topological polar surface area (TPSA) is 59.0 Å². The smallest absolute Gasteiger partial charge is 0.221 e. The van der Waals surface area contributed by atoms with Gasteiger partial charge in [-0.1, -0.05) is 0 Å². The Morgan fingerprint density at radius 1 is 1.50 bits per heavy atom. The molecule has 0 aliphatic heterocycles. The molecule has 0 aromatic carbocycles. The molecule has 1 heterocycles.